The molecule has 2 unspecified atom stereocenters. The van der Waals surface area contributed by atoms with E-state index in [1.165, 1.54) is 0 Å². The molecular weight excluding hydrogens is 139 g/mol. The Kier molecular flexibility index (Phi) is 2.69. The highest BCUT2D eigenvalue weighted by Gasteiger charge is 2.27. The summed E-state index contributed by atoms with van der Waals surface area (Å²) in [5, 5.41) is 0. The van der Waals surface area contributed by atoms with Crippen LogP contribution in [-0.2, 0) is 0 Å². The van der Waals surface area contributed by atoms with Crippen molar-refractivity contribution in [3.63, 3.8) is 0 Å². The average Bonchev–Trinajstić information content (AvgIpc) is 2.30. The van der Waals surface area contributed by atoms with Gasteiger partial charge in [0.25, 0.3) is 0 Å². The molecule has 0 bridgehead atoms. The van der Waals surface area contributed by atoms with Crippen molar-refractivity contribution in [3.8, 4) is 0 Å². The number of allylic oxidation sites excluding steroid dienone is 2. The third-order valence-electron chi connectivity index (χ3n) is 2.63. The molecule has 11 heavy (non-hydrogen) atoms. The molecule has 0 saturated carbocycles. The van der Waals surface area contributed by atoms with E-state index in [0.29, 0.717) is 11.8 Å². The number of hydrogen-bond donors (Lipinski definition) is 0. The zero-order chi connectivity index (χ0) is 8.43. The molecule has 0 aliphatic heterocycles. The fourth-order valence-corrected chi connectivity index (χ4v) is 1.73. The van der Waals surface area contributed by atoms with Crippen LogP contribution >= 0.6 is 0 Å². The predicted molar refractivity (Wildman–Crippen MR) is 45.9 cm³/mol. The Morgan fingerprint density at radius 1 is 1.64 bits per heavy atom. The van der Waals surface area contributed by atoms with Crippen LogP contribution in [0.3, 0.4) is 0 Å². The monoisotopic (exact) mass is 156 g/mol. The molecule has 0 spiro atoms. The highest BCUT2D eigenvalue weighted by Crippen LogP contribution is 2.37. The molecule has 1 heteroatoms. The van der Waals surface area contributed by atoms with Gasteiger partial charge >= 0.3 is 0 Å². The normalized spacial score (nSPS) is 31.2. The summed E-state index contributed by atoms with van der Waals surface area (Å²) in [6, 6.07) is 0. The number of rotatable bonds is 2. The molecule has 1 aliphatic carbocycles. The lowest BCUT2D eigenvalue weighted by atomic mass is 9.91. The highest BCUT2D eigenvalue weighted by atomic mass is 19.1. The number of hydrogen-bond acceptors (Lipinski definition) is 0. The van der Waals surface area contributed by atoms with Gasteiger partial charge in [-0.15, -0.1) is 0 Å². The van der Waals surface area contributed by atoms with Gasteiger partial charge in [-0.05, 0) is 30.8 Å². The van der Waals surface area contributed by atoms with Crippen LogP contribution in [0.4, 0.5) is 4.39 Å². The van der Waals surface area contributed by atoms with Crippen LogP contribution in [0.15, 0.2) is 11.9 Å². The van der Waals surface area contributed by atoms with Crippen molar-refractivity contribution in [2.45, 2.75) is 33.6 Å². The molecule has 0 aromatic carbocycles. The summed E-state index contributed by atoms with van der Waals surface area (Å²) in [7, 11) is 0. The largest absolute Gasteiger partial charge is 0.212 e. The highest BCUT2D eigenvalue weighted by molar-refractivity contribution is 5.09. The summed E-state index contributed by atoms with van der Waals surface area (Å²) in [6.07, 6.45) is 3.92. The van der Waals surface area contributed by atoms with E-state index >= 15 is 0 Å². The second kappa shape index (κ2) is 3.38. The summed E-state index contributed by atoms with van der Waals surface area (Å²) in [4.78, 5) is 0. The lowest BCUT2D eigenvalue weighted by Crippen LogP contribution is -2.06. The third-order valence-corrected chi connectivity index (χ3v) is 2.63. The van der Waals surface area contributed by atoms with Crippen molar-refractivity contribution in [3.05, 3.63) is 11.9 Å². The smallest absolute Gasteiger partial charge is 0.0996 e. The van der Waals surface area contributed by atoms with E-state index in [4.69, 9.17) is 0 Å². The van der Waals surface area contributed by atoms with Gasteiger partial charge in [0.15, 0.2) is 0 Å². The van der Waals surface area contributed by atoms with Crippen molar-refractivity contribution in [1.82, 2.24) is 0 Å². The predicted octanol–water partition coefficient (Wildman–Crippen LogP) is 3.54. The Balaban J connectivity index is 2.57. The summed E-state index contributed by atoms with van der Waals surface area (Å²) in [5.74, 6) is 1.30. The lowest BCUT2D eigenvalue weighted by molar-refractivity contribution is 0.350. The minimum Gasteiger partial charge on any atom is -0.212 e. The zero-order valence-corrected chi connectivity index (χ0v) is 7.60. The molecule has 0 aromatic rings. The Hall–Kier alpha value is -0.330. The van der Waals surface area contributed by atoms with E-state index in [1.807, 2.05) is 6.08 Å². The van der Waals surface area contributed by atoms with Crippen LogP contribution in [0.5, 0.6) is 0 Å². The molecule has 0 amide bonds. The van der Waals surface area contributed by atoms with E-state index in [-0.39, 0.29) is 11.7 Å². The fourth-order valence-electron chi connectivity index (χ4n) is 1.73. The Morgan fingerprint density at radius 3 is 2.55 bits per heavy atom. The van der Waals surface area contributed by atoms with Crippen LogP contribution in [0.25, 0.3) is 0 Å². The lowest BCUT2D eigenvalue weighted by Gasteiger charge is -2.14. The van der Waals surface area contributed by atoms with Gasteiger partial charge in [-0.1, -0.05) is 20.8 Å². The summed E-state index contributed by atoms with van der Waals surface area (Å²) in [5.41, 5.74) is 0. The van der Waals surface area contributed by atoms with Crippen molar-refractivity contribution in [2.75, 3.05) is 0 Å². The molecule has 0 saturated heterocycles. The van der Waals surface area contributed by atoms with Gasteiger partial charge in [-0.3, -0.25) is 0 Å². The SMILES string of the molecule is CCC1C=C(F)C(C(C)C)C1. The van der Waals surface area contributed by atoms with Crippen LogP contribution < -0.4 is 0 Å². The second-order valence-corrected chi connectivity index (χ2v) is 3.81. The van der Waals surface area contributed by atoms with Crippen molar-refractivity contribution in [1.29, 1.82) is 0 Å². The van der Waals surface area contributed by atoms with Gasteiger partial charge in [-0.2, -0.15) is 0 Å². The van der Waals surface area contributed by atoms with Crippen molar-refractivity contribution >= 4 is 0 Å². The van der Waals surface area contributed by atoms with Gasteiger partial charge in [0, 0.05) is 5.92 Å². The van der Waals surface area contributed by atoms with Gasteiger partial charge in [0.2, 0.25) is 0 Å². The Labute approximate surface area is 68.5 Å². The summed E-state index contributed by atoms with van der Waals surface area (Å²) in [6.45, 7) is 6.31. The van der Waals surface area contributed by atoms with Crippen LogP contribution in [0.1, 0.15) is 33.6 Å². The maximum atomic E-state index is 13.1. The summed E-state index contributed by atoms with van der Waals surface area (Å²) >= 11 is 0. The first-order chi connectivity index (χ1) is 5.15. The first-order valence-corrected chi connectivity index (χ1v) is 4.52. The van der Waals surface area contributed by atoms with Gasteiger partial charge in [0.1, 0.15) is 0 Å². The van der Waals surface area contributed by atoms with Crippen molar-refractivity contribution in [2.24, 2.45) is 17.8 Å². The van der Waals surface area contributed by atoms with E-state index in [2.05, 4.69) is 20.8 Å². The molecule has 2 atom stereocenters. The summed E-state index contributed by atoms with van der Waals surface area (Å²) < 4.78 is 13.1. The standard InChI is InChI=1S/C10H17F/c1-4-8-5-9(7(2)3)10(11)6-8/h6-9H,4-5H2,1-3H3. The topological polar surface area (TPSA) is 0 Å². The zero-order valence-electron chi connectivity index (χ0n) is 7.60. The molecule has 0 N–H and O–H groups in total. The number of halogens is 1. The third kappa shape index (κ3) is 1.82. The minimum absolute atomic E-state index is 0.131. The van der Waals surface area contributed by atoms with E-state index in [9.17, 15) is 4.39 Å². The van der Waals surface area contributed by atoms with Gasteiger partial charge in [0.05, 0.1) is 5.83 Å². The first kappa shape index (κ1) is 8.76. The van der Waals surface area contributed by atoms with E-state index in [1.54, 1.807) is 0 Å². The molecule has 0 aromatic heterocycles. The molecular formula is C10H17F. The Bertz CT molecular complexity index is 158. The van der Waals surface area contributed by atoms with Gasteiger partial charge in [-0.25, -0.2) is 4.39 Å². The molecule has 0 nitrogen and oxygen atoms in total. The molecule has 0 fully saturated rings. The molecule has 0 radical (unpaired) electrons. The average molecular weight is 156 g/mol. The quantitative estimate of drug-likeness (QED) is 0.573. The van der Waals surface area contributed by atoms with Crippen molar-refractivity contribution < 1.29 is 4.39 Å². The molecule has 0 heterocycles. The Morgan fingerprint density at radius 2 is 2.27 bits per heavy atom. The van der Waals surface area contributed by atoms with Crippen LogP contribution in [0.2, 0.25) is 0 Å². The van der Waals surface area contributed by atoms with Crippen LogP contribution in [-0.4, -0.2) is 0 Å². The maximum absolute atomic E-state index is 13.1. The fraction of sp³-hybridized carbons (Fsp3) is 0.800. The second-order valence-electron chi connectivity index (χ2n) is 3.81. The maximum Gasteiger partial charge on any atom is 0.0996 e. The van der Waals surface area contributed by atoms with E-state index < -0.39 is 0 Å². The van der Waals surface area contributed by atoms with Gasteiger partial charge < -0.3 is 0 Å². The first-order valence-electron chi connectivity index (χ1n) is 4.52. The minimum atomic E-state index is 0.131. The molecule has 64 valence electrons. The van der Waals surface area contributed by atoms with E-state index in [0.717, 1.165) is 12.8 Å². The van der Waals surface area contributed by atoms with Crippen LogP contribution in [0, 0.1) is 17.8 Å². The molecule has 1 rings (SSSR count). The molecule has 1 aliphatic rings.